The van der Waals surface area contributed by atoms with Crippen LogP contribution in [-0.2, 0) is 84.5 Å². The topological polar surface area (TPSA) is 427 Å². The number of morpholine rings is 1. The Morgan fingerprint density at radius 2 is 1.47 bits per heavy atom. The van der Waals surface area contributed by atoms with Crippen molar-refractivity contribution in [3.8, 4) is 17.2 Å². The van der Waals surface area contributed by atoms with Crippen LogP contribution in [0.5, 0.6) is 17.2 Å². The molecule has 0 bridgehead atoms. The predicted octanol–water partition coefficient (Wildman–Crippen LogP) is 2.41. The van der Waals surface area contributed by atoms with Crippen molar-refractivity contribution < 1.29 is 111 Å². The van der Waals surface area contributed by atoms with E-state index in [0.717, 1.165) is 4.90 Å². The molecule has 10 rings (SSSR count). The van der Waals surface area contributed by atoms with Gasteiger partial charge in [-0.2, -0.15) is 0 Å². The molecule has 9 N–H and O–H groups in total. The molecule has 0 radical (unpaired) electrons. The summed E-state index contributed by atoms with van der Waals surface area (Å²) < 4.78 is 47.3. The molecule has 7 aliphatic rings. The maximum absolute atomic E-state index is 14.4. The molecule has 2 aliphatic carbocycles. The summed E-state index contributed by atoms with van der Waals surface area (Å²) in [5, 5.41) is 65.9. The van der Waals surface area contributed by atoms with E-state index in [-0.39, 0.29) is 104 Å². The number of hydrogen-bond acceptors (Lipinski definition) is 24. The van der Waals surface area contributed by atoms with Gasteiger partial charge >= 0.3 is 18.2 Å². The second-order valence-electron chi connectivity index (χ2n) is 25.9. The Balaban J connectivity index is 0.693. The standard InChI is InChI=1S/C68H83N9O23/c1-34(2)56(73-62(88)41(18-21-49(82)83)72-46(79)13-8-7-9-22-77-47(80)19-20-48(77)81)63(89)70-35(3)61(87)71-38-16-14-37(15-17-38)32-96-66(90)74-23-25-75(26-24-74)67(91)97-33-45(78)68(92)30-40-52(59(86)53-54(58(40)85)57(84)39-11-10-12-43(93-5)51(39)55(53)69)44(31-68)99-50-29-42-60(36(4)98-50)100-64-65(94-6)95-28-27-76(42)64/h10-12,14-17,19-20,34-36,41-42,44,50,56,60,64-65,69,85-86,92H,7-9,13,18,21-33H2,1-6H3,(H,70,89)(H,71,87)(H,72,79)(H,73,88)(H,82,83)/t35-,36-,41-,42-,44-,50-,56-,60+,64+,65-,68-/m0/s1. The zero-order valence-corrected chi connectivity index (χ0v) is 56.1. The predicted molar refractivity (Wildman–Crippen MR) is 346 cm³/mol. The Labute approximate surface area is 574 Å². The first kappa shape index (κ1) is 73.3. The summed E-state index contributed by atoms with van der Waals surface area (Å²) >= 11 is 0. The molecule has 4 saturated heterocycles. The number of aliphatic carboxylic acids is 1. The number of rotatable bonds is 26. The van der Waals surface area contributed by atoms with E-state index in [1.165, 1.54) is 55.2 Å². The molecular weight excluding hydrogens is 1310 g/mol. The highest BCUT2D eigenvalue weighted by Gasteiger charge is 2.55. The SMILES string of the molecule is COc1cccc2c1C(=N)c1c(O)c3c(c(O)c1C2=O)C[C@@](O)(C(=O)COC(=O)N1CCN(C(=O)OCc2ccc(NC(=O)[C@H](C)NC(=O)[C@@H](NC(=O)[C@H](CCC(=O)O)NC(=O)CCCCCN4C(=O)C=CC4=O)C(C)C)cc2)CC1)C[C@@H]3O[C@H]1C[C@H]2[C@H](O[C@@H]3[C@@H](OC)OCCN32)[C@H](C)O1. The van der Waals surface area contributed by atoms with Crippen molar-refractivity contribution >= 4 is 76.6 Å². The number of anilines is 1. The van der Waals surface area contributed by atoms with Gasteiger partial charge in [-0.15, -0.1) is 0 Å². The highest BCUT2D eigenvalue weighted by Crippen LogP contribution is 2.53. The number of Topliss-reactive ketones (excluding diaryl/α,β-unsaturated/α-hetero) is 1. The Bertz CT molecular complexity index is 3730. The molecule has 5 aliphatic heterocycles. The molecular formula is C68H83N9O23. The molecule has 8 amide bonds. The number of ether oxygens (including phenoxy) is 8. The van der Waals surface area contributed by atoms with Gasteiger partial charge in [-0.1, -0.05) is 44.5 Å². The maximum atomic E-state index is 14.4. The number of phenolic OH excluding ortho intramolecular Hbond substituents is 2. The Morgan fingerprint density at radius 3 is 2.13 bits per heavy atom. The highest BCUT2D eigenvalue weighted by molar-refractivity contribution is 6.32. The number of nitrogens with zero attached hydrogens (tertiary/aromatic N) is 4. The monoisotopic (exact) mass is 1390 g/mol. The summed E-state index contributed by atoms with van der Waals surface area (Å²) in [5.74, 6) is -8.17. The summed E-state index contributed by atoms with van der Waals surface area (Å²) in [5.41, 5.74) is -2.87. The zero-order chi connectivity index (χ0) is 72.0. The van der Waals surface area contributed by atoms with Gasteiger partial charge in [0, 0.05) is 119 Å². The lowest BCUT2D eigenvalue weighted by Crippen LogP contribution is -2.57. The van der Waals surface area contributed by atoms with Crippen molar-refractivity contribution in [3.63, 3.8) is 0 Å². The Hall–Kier alpha value is -9.44. The third-order valence-electron chi connectivity index (χ3n) is 18.9. The van der Waals surface area contributed by atoms with E-state index in [1.807, 2.05) is 0 Å². The molecule has 3 aromatic rings. The molecule has 0 aromatic heterocycles. The average Bonchev–Trinajstić information content (AvgIpc) is 0.924. The molecule has 32 heteroatoms. The first-order valence-electron chi connectivity index (χ1n) is 33.1. The van der Waals surface area contributed by atoms with E-state index < -0.39 is 175 Å². The minimum Gasteiger partial charge on any atom is -0.507 e. The van der Waals surface area contributed by atoms with Gasteiger partial charge in [-0.3, -0.25) is 58.4 Å². The van der Waals surface area contributed by atoms with Gasteiger partial charge in [0.25, 0.3) is 11.8 Å². The number of imide groups is 1. The smallest absolute Gasteiger partial charge is 0.410 e. The number of piperazine rings is 1. The van der Waals surface area contributed by atoms with E-state index in [0.29, 0.717) is 43.7 Å². The van der Waals surface area contributed by atoms with Crippen molar-refractivity contribution in [1.82, 2.24) is 35.6 Å². The quantitative estimate of drug-likeness (QED) is 0.0248. The summed E-state index contributed by atoms with van der Waals surface area (Å²) in [6.45, 7) is 6.32. The Morgan fingerprint density at radius 1 is 0.780 bits per heavy atom. The zero-order valence-electron chi connectivity index (χ0n) is 56.1. The average molecular weight is 1390 g/mol. The highest BCUT2D eigenvalue weighted by atomic mass is 16.7. The van der Waals surface area contributed by atoms with Crippen molar-refractivity contribution in [2.75, 3.05) is 72.0 Å². The van der Waals surface area contributed by atoms with E-state index in [9.17, 15) is 78.6 Å². The number of carboxylic acids is 1. The summed E-state index contributed by atoms with van der Waals surface area (Å²) in [6.07, 6.45) is -4.54. The summed E-state index contributed by atoms with van der Waals surface area (Å²) in [4.78, 5) is 150. The molecule has 32 nitrogen and oxygen atoms in total. The van der Waals surface area contributed by atoms with Gasteiger partial charge in [-0.05, 0) is 62.8 Å². The number of nitrogens with one attached hydrogen (secondary N) is 5. The number of carboxylic acid groups (broad SMARTS) is 1. The van der Waals surface area contributed by atoms with E-state index >= 15 is 0 Å². The lowest BCUT2D eigenvalue weighted by atomic mass is 9.71. The minimum atomic E-state index is -2.45. The van der Waals surface area contributed by atoms with E-state index in [1.54, 1.807) is 51.1 Å². The van der Waals surface area contributed by atoms with Crippen molar-refractivity contribution in [3.05, 3.63) is 93.6 Å². The number of fused-ring (bicyclic) bond motifs is 6. The fraction of sp³-hybridized carbons (Fsp3) is 0.529. The number of methoxy groups -OCH3 is 2. The number of aliphatic hydroxyl groups is 1. The van der Waals surface area contributed by atoms with Crippen molar-refractivity contribution in [1.29, 1.82) is 5.41 Å². The molecule has 11 atom stereocenters. The maximum Gasteiger partial charge on any atom is 0.410 e. The first-order chi connectivity index (χ1) is 47.7. The van der Waals surface area contributed by atoms with Crippen LogP contribution in [0.2, 0.25) is 0 Å². The van der Waals surface area contributed by atoms with Crippen LogP contribution in [0, 0.1) is 11.3 Å². The number of carbonyl (C=O) groups excluding carboxylic acids is 10. The van der Waals surface area contributed by atoms with Crippen LogP contribution in [0.3, 0.4) is 0 Å². The second kappa shape index (κ2) is 31.4. The third kappa shape index (κ3) is 15.9. The van der Waals surface area contributed by atoms with E-state index in [4.69, 9.17) is 37.9 Å². The van der Waals surface area contributed by atoms with Crippen LogP contribution in [0.25, 0.3) is 0 Å². The summed E-state index contributed by atoms with van der Waals surface area (Å²) in [6, 6.07) is 6.87. The third-order valence-corrected chi connectivity index (χ3v) is 18.9. The van der Waals surface area contributed by atoms with Crippen LogP contribution >= 0.6 is 0 Å². The number of benzene rings is 3. The van der Waals surface area contributed by atoms with Crippen LogP contribution in [-0.4, -0.2) is 238 Å². The van der Waals surface area contributed by atoms with Gasteiger partial charge in [-0.25, -0.2) is 9.59 Å². The number of amides is 8. The molecule has 0 spiro atoms. The van der Waals surface area contributed by atoms with Crippen LogP contribution in [0.4, 0.5) is 15.3 Å². The van der Waals surface area contributed by atoms with Gasteiger partial charge in [0.2, 0.25) is 29.4 Å². The molecule has 3 aromatic carbocycles. The normalized spacial score (nSPS) is 24.0. The fourth-order valence-corrected chi connectivity index (χ4v) is 13.5. The number of ketones is 2. The van der Waals surface area contributed by atoms with Crippen LogP contribution < -0.4 is 26.0 Å². The van der Waals surface area contributed by atoms with Crippen LogP contribution in [0.15, 0.2) is 54.6 Å². The van der Waals surface area contributed by atoms with Gasteiger partial charge in [0.15, 0.2) is 31.2 Å². The number of hydrogen-bond donors (Lipinski definition) is 9. The number of aromatic hydroxyl groups is 2. The van der Waals surface area contributed by atoms with Crippen molar-refractivity contribution in [2.45, 2.75) is 159 Å². The first-order valence-corrected chi connectivity index (χ1v) is 33.1. The van der Waals surface area contributed by atoms with Gasteiger partial charge in [0.1, 0.15) is 53.7 Å². The molecule has 0 unspecified atom stereocenters. The lowest BCUT2D eigenvalue weighted by Gasteiger charge is -2.43. The molecule has 538 valence electrons. The molecule has 100 heavy (non-hydrogen) atoms. The number of unbranched alkanes of at least 4 members (excludes halogenated alkanes) is 2. The minimum absolute atomic E-state index is 0.00373. The fourth-order valence-electron chi connectivity index (χ4n) is 13.5. The molecule has 4 fully saturated rings. The second-order valence-corrected chi connectivity index (χ2v) is 25.9. The van der Waals surface area contributed by atoms with Gasteiger partial charge < -0.3 is 89.4 Å². The number of carbonyl (C=O) groups is 11. The van der Waals surface area contributed by atoms with E-state index in [2.05, 4.69) is 26.2 Å². The van der Waals surface area contributed by atoms with Crippen LogP contribution in [0.1, 0.15) is 129 Å². The number of phenols is 2. The molecule has 5 heterocycles. The van der Waals surface area contributed by atoms with Gasteiger partial charge in [0.05, 0.1) is 48.3 Å². The van der Waals surface area contributed by atoms with Crippen molar-refractivity contribution in [2.24, 2.45) is 5.92 Å². The summed E-state index contributed by atoms with van der Waals surface area (Å²) in [7, 11) is 2.88. The lowest BCUT2D eigenvalue weighted by molar-refractivity contribution is -0.256. The largest absolute Gasteiger partial charge is 0.507 e. The Kier molecular flexibility index (Phi) is 23.0. The molecule has 0 saturated carbocycles.